The van der Waals surface area contributed by atoms with Gasteiger partial charge in [-0.2, -0.15) is 0 Å². The van der Waals surface area contributed by atoms with Gasteiger partial charge in [-0.25, -0.2) is 0 Å². The zero-order valence-corrected chi connectivity index (χ0v) is 14.8. The molecule has 0 aliphatic heterocycles. The van der Waals surface area contributed by atoms with Gasteiger partial charge in [-0.3, -0.25) is 0 Å². The van der Waals surface area contributed by atoms with Crippen LogP contribution in [0.4, 0.5) is 0 Å². The van der Waals surface area contributed by atoms with Crippen molar-refractivity contribution in [2.75, 3.05) is 20.8 Å². The average molecular weight is 335 g/mol. The number of hydrogen-bond acceptors (Lipinski definition) is 2. The molecule has 0 radical (unpaired) electrons. The van der Waals surface area contributed by atoms with Gasteiger partial charge in [0.15, 0.2) is 11.5 Å². The molecule has 4 heteroatoms. The maximum absolute atomic E-state index is 6.01. The number of ether oxygens (including phenoxy) is 2. The number of halogens is 1. The predicted molar refractivity (Wildman–Crippen MR) is 94.7 cm³/mol. The van der Waals surface area contributed by atoms with E-state index in [4.69, 9.17) is 21.1 Å². The van der Waals surface area contributed by atoms with Crippen LogP contribution in [0.15, 0.2) is 42.5 Å². The number of nitrogens with two attached hydrogens (primary N) is 1. The summed E-state index contributed by atoms with van der Waals surface area (Å²) in [6.07, 6.45) is 2.02. The highest BCUT2D eigenvalue weighted by atomic mass is 35.5. The Morgan fingerprint density at radius 2 is 1.78 bits per heavy atom. The van der Waals surface area contributed by atoms with Crippen molar-refractivity contribution < 1.29 is 14.8 Å². The van der Waals surface area contributed by atoms with Crippen molar-refractivity contribution in [3.63, 3.8) is 0 Å². The normalized spacial score (nSPS) is 12.0. The summed E-state index contributed by atoms with van der Waals surface area (Å²) >= 11 is 6.01. The quantitative estimate of drug-likeness (QED) is 0.805. The zero-order valence-electron chi connectivity index (χ0n) is 14.0. The highest BCUT2D eigenvalue weighted by molar-refractivity contribution is 6.30. The van der Waals surface area contributed by atoms with Crippen LogP contribution in [0.1, 0.15) is 18.1 Å². The maximum Gasteiger partial charge on any atom is 0.160 e. The highest BCUT2D eigenvalue weighted by Crippen LogP contribution is 2.27. The molecule has 0 spiro atoms. The van der Waals surface area contributed by atoms with Gasteiger partial charge in [0.05, 0.1) is 26.8 Å². The molecule has 0 aliphatic rings. The SMILES string of the molecule is COc1ccc(C[C@@H](C)[NH2+]CCc2cccc(Cl)c2)cc1OC. The number of quaternary nitrogens is 1. The van der Waals surface area contributed by atoms with Gasteiger partial charge in [0.1, 0.15) is 0 Å². The van der Waals surface area contributed by atoms with Gasteiger partial charge < -0.3 is 14.8 Å². The molecule has 0 unspecified atom stereocenters. The number of benzene rings is 2. The van der Waals surface area contributed by atoms with Crippen LogP contribution in [0.5, 0.6) is 11.5 Å². The van der Waals surface area contributed by atoms with E-state index in [0.717, 1.165) is 35.9 Å². The van der Waals surface area contributed by atoms with Gasteiger partial charge in [-0.05, 0) is 42.3 Å². The molecule has 0 bridgehead atoms. The average Bonchev–Trinajstić information content (AvgIpc) is 2.54. The van der Waals surface area contributed by atoms with Crippen molar-refractivity contribution in [2.45, 2.75) is 25.8 Å². The molecule has 0 saturated carbocycles. The van der Waals surface area contributed by atoms with Crippen molar-refractivity contribution in [1.82, 2.24) is 0 Å². The minimum atomic E-state index is 0.507. The molecule has 1 atom stereocenters. The van der Waals surface area contributed by atoms with E-state index in [1.807, 2.05) is 24.3 Å². The fourth-order valence-corrected chi connectivity index (χ4v) is 2.90. The zero-order chi connectivity index (χ0) is 16.7. The van der Waals surface area contributed by atoms with Crippen molar-refractivity contribution in [3.05, 3.63) is 58.6 Å². The molecule has 3 nitrogen and oxygen atoms in total. The highest BCUT2D eigenvalue weighted by Gasteiger charge is 2.10. The van der Waals surface area contributed by atoms with E-state index < -0.39 is 0 Å². The van der Waals surface area contributed by atoms with Crippen LogP contribution in [0.2, 0.25) is 5.02 Å². The molecule has 0 aliphatic carbocycles. The largest absolute Gasteiger partial charge is 0.493 e. The second kappa shape index (κ2) is 8.80. The first-order valence-corrected chi connectivity index (χ1v) is 8.29. The first-order chi connectivity index (χ1) is 11.1. The van der Waals surface area contributed by atoms with Crippen LogP contribution in [-0.2, 0) is 12.8 Å². The lowest BCUT2D eigenvalue weighted by Crippen LogP contribution is -2.90. The Balaban J connectivity index is 1.83. The molecule has 0 saturated heterocycles. The molecule has 2 aromatic rings. The smallest absolute Gasteiger partial charge is 0.160 e. The molecule has 124 valence electrons. The summed E-state index contributed by atoms with van der Waals surface area (Å²) in [7, 11) is 3.33. The third-order valence-electron chi connectivity index (χ3n) is 3.90. The summed E-state index contributed by atoms with van der Waals surface area (Å²) in [4.78, 5) is 0. The van der Waals surface area contributed by atoms with E-state index in [1.54, 1.807) is 14.2 Å². The molecule has 0 heterocycles. The number of hydrogen-bond donors (Lipinski definition) is 1. The van der Waals surface area contributed by atoms with E-state index in [-0.39, 0.29) is 0 Å². The standard InChI is InChI=1S/C19H24ClNO2/c1-14(21-10-9-15-5-4-6-17(20)12-15)11-16-7-8-18(22-2)19(13-16)23-3/h4-8,12-14,21H,9-11H2,1-3H3/p+1/t14-/m1/s1. The monoisotopic (exact) mass is 334 g/mol. The van der Waals surface area contributed by atoms with Gasteiger partial charge in [-0.1, -0.05) is 29.8 Å². The van der Waals surface area contributed by atoms with Crippen LogP contribution in [0.25, 0.3) is 0 Å². The van der Waals surface area contributed by atoms with E-state index in [0.29, 0.717) is 6.04 Å². The Morgan fingerprint density at radius 3 is 2.48 bits per heavy atom. The van der Waals surface area contributed by atoms with E-state index in [2.05, 4.69) is 30.4 Å². The summed E-state index contributed by atoms with van der Waals surface area (Å²) < 4.78 is 10.6. The Labute approximate surface area is 143 Å². The molecular formula is C19H25ClNO2+. The van der Waals surface area contributed by atoms with Crippen LogP contribution >= 0.6 is 11.6 Å². The third kappa shape index (κ3) is 5.45. The Morgan fingerprint density at radius 1 is 1.00 bits per heavy atom. The summed E-state index contributed by atoms with van der Waals surface area (Å²) in [6, 6.07) is 14.7. The van der Waals surface area contributed by atoms with E-state index in [9.17, 15) is 0 Å². The van der Waals surface area contributed by atoms with Gasteiger partial charge in [0.25, 0.3) is 0 Å². The van der Waals surface area contributed by atoms with Crippen LogP contribution in [-0.4, -0.2) is 26.8 Å². The summed E-state index contributed by atoms with van der Waals surface area (Å²) in [5.41, 5.74) is 2.54. The second-order valence-corrected chi connectivity index (χ2v) is 6.21. The molecule has 2 aromatic carbocycles. The Hall–Kier alpha value is -1.71. The fourth-order valence-electron chi connectivity index (χ4n) is 2.69. The maximum atomic E-state index is 6.01. The van der Waals surface area contributed by atoms with E-state index >= 15 is 0 Å². The Bertz CT molecular complexity index is 631. The number of methoxy groups -OCH3 is 2. The first kappa shape index (κ1) is 17.6. The topological polar surface area (TPSA) is 35.1 Å². The van der Waals surface area contributed by atoms with Crippen molar-refractivity contribution >= 4 is 11.6 Å². The lowest BCUT2D eigenvalue weighted by Gasteiger charge is -2.13. The summed E-state index contributed by atoms with van der Waals surface area (Å²) in [5, 5.41) is 3.18. The van der Waals surface area contributed by atoms with Crippen molar-refractivity contribution in [1.29, 1.82) is 0 Å². The van der Waals surface area contributed by atoms with Crippen molar-refractivity contribution in [2.24, 2.45) is 0 Å². The summed E-state index contributed by atoms with van der Waals surface area (Å²) in [6.45, 7) is 3.30. The first-order valence-electron chi connectivity index (χ1n) is 7.91. The minimum Gasteiger partial charge on any atom is -0.493 e. The van der Waals surface area contributed by atoms with E-state index in [1.165, 1.54) is 11.1 Å². The van der Waals surface area contributed by atoms with Crippen LogP contribution in [0.3, 0.4) is 0 Å². The second-order valence-electron chi connectivity index (χ2n) is 5.78. The third-order valence-corrected chi connectivity index (χ3v) is 4.13. The van der Waals surface area contributed by atoms with Gasteiger partial charge >= 0.3 is 0 Å². The fraction of sp³-hybridized carbons (Fsp3) is 0.368. The van der Waals surface area contributed by atoms with Gasteiger partial charge in [0.2, 0.25) is 0 Å². The molecular weight excluding hydrogens is 310 g/mol. The molecule has 0 amide bonds. The molecule has 2 rings (SSSR count). The van der Waals surface area contributed by atoms with Crippen molar-refractivity contribution in [3.8, 4) is 11.5 Å². The molecule has 0 aromatic heterocycles. The minimum absolute atomic E-state index is 0.507. The molecule has 23 heavy (non-hydrogen) atoms. The molecule has 0 fully saturated rings. The van der Waals surface area contributed by atoms with Gasteiger partial charge in [-0.15, -0.1) is 0 Å². The summed E-state index contributed by atoms with van der Waals surface area (Å²) in [5.74, 6) is 1.56. The van der Waals surface area contributed by atoms with Crippen LogP contribution in [0, 0.1) is 0 Å². The Kier molecular flexibility index (Phi) is 6.75. The number of rotatable bonds is 8. The van der Waals surface area contributed by atoms with Gasteiger partial charge in [0, 0.05) is 17.9 Å². The lowest BCUT2D eigenvalue weighted by molar-refractivity contribution is -0.685. The predicted octanol–water partition coefficient (Wildman–Crippen LogP) is 3.09. The molecule has 2 N–H and O–H groups in total. The van der Waals surface area contributed by atoms with Crippen LogP contribution < -0.4 is 14.8 Å². The lowest BCUT2D eigenvalue weighted by atomic mass is 10.1.